The Labute approximate surface area is 229 Å². The van der Waals surface area contributed by atoms with Crippen LogP contribution < -0.4 is 16.0 Å². The van der Waals surface area contributed by atoms with Crippen molar-refractivity contribution in [1.29, 1.82) is 0 Å². The zero-order chi connectivity index (χ0) is 29.6. The molecule has 0 aliphatic heterocycles. The van der Waals surface area contributed by atoms with Crippen molar-refractivity contribution in [1.82, 2.24) is 15.3 Å². The first-order valence-electron chi connectivity index (χ1n) is 12.5. The van der Waals surface area contributed by atoms with Crippen LogP contribution in [-0.2, 0) is 20.8 Å². The van der Waals surface area contributed by atoms with Crippen molar-refractivity contribution >= 4 is 36.6 Å². The van der Waals surface area contributed by atoms with E-state index in [2.05, 4.69) is 25.9 Å². The fourth-order valence-corrected chi connectivity index (χ4v) is 5.13. The molecular formula is C26H31F3N5O5P. The summed E-state index contributed by atoms with van der Waals surface area (Å²) in [6, 6.07) is 12.0. The number of para-hydroxylation sites is 1. The number of amides is 1. The molecule has 216 valence electrons. The van der Waals surface area contributed by atoms with Gasteiger partial charge >= 0.3 is 13.8 Å². The molecule has 2 aromatic carbocycles. The Morgan fingerprint density at radius 2 is 1.73 bits per heavy atom. The first kappa shape index (κ1) is 31.0. The van der Waals surface area contributed by atoms with Crippen LogP contribution in [0.25, 0.3) is 0 Å². The van der Waals surface area contributed by atoms with Crippen LogP contribution in [-0.4, -0.2) is 39.3 Å². The van der Waals surface area contributed by atoms with Crippen molar-refractivity contribution in [3.8, 4) is 0 Å². The van der Waals surface area contributed by atoms with Gasteiger partial charge in [0, 0.05) is 25.5 Å². The summed E-state index contributed by atoms with van der Waals surface area (Å²) in [5.74, 6) is -1.26. The molecule has 5 N–H and O–H groups in total. The SMILES string of the molecule is CCCCOC(CC)(c1ccc(Nc2ncc(C(F)(F)F)c(Nc3ccccc3C(=O)NC)n2)cc1)P(=O)(O)O. The molecular weight excluding hydrogens is 550 g/mol. The molecule has 0 aliphatic carbocycles. The van der Waals surface area contributed by atoms with E-state index in [1.54, 1.807) is 19.1 Å². The standard InChI is InChI=1S/C26H31F3N5O5P/c1-4-6-15-39-25(5-2,40(36,37)38)17-11-13-18(14-12-17)32-24-31-16-20(26(27,28)29)22(34-24)33-21-10-8-7-9-19(21)23(35)30-3/h7-14,16H,4-6,15H2,1-3H3,(H,30,35)(H2,36,37,38)(H2,31,32,33,34). The molecule has 14 heteroatoms. The highest BCUT2D eigenvalue weighted by Gasteiger charge is 2.48. The number of hydrogen-bond donors (Lipinski definition) is 5. The van der Waals surface area contributed by atoms with Gasteiger partial charge in [0.2, 0.25) is 5.95 Å². The van der Waals surface area contributed by atoms with E-state index in [1.165, 1.54) is 43.4 Å². The molecule has 0 aliphatic rings. The summed E-state index contributed by atoms with van der Waals surface area (Å²) in [6.45, 7) is 3.71. The lowest BCUT2D eigenvalue weighted by atomic mass is 10.1. The number of carbonyl (C=O) groups is 1. The third-order valence-electron chi connectivity index (χ3n) is 6.13. The fraction of sp³-hybridized carbons (Fsp3) is 0.346. The van der Waals surface area contributed by atoms with E-state index in [0.717, 1.165) is 6.42 Å². The number of nitrogens with zero attached hydrogens (tertiary/aromatic N) is 2. The van der Waals surface area contributed by atoms with Gasteiger partial charge in [-0.2, -0.15) is 18.2 Å². The molecule has 0 saturated carbocycles. The monoisotopic (exact) mass is 581 g/mol. The number of halogens is 3. The average Bonchev–Trinajstić information content (AvgIpc) is 2.90. The zero-order valence-corrected chi connectivity index (χ0v) is 23.0. The Kier molecular flexibility index (Phi) is 9.91. The predicted octanol–water partition coefficient (Wildman–Crippen LogP) is 5.90. The van der Waals surface area contributed by atoms with E-state index in [9.17, 15) is 32.3 Å². The molecule has 0 saturated heterocycles. The number of benzene rings is 2. The van der Waals surface area contributed by atoms with Gasteiger partial charge in [0.25, 0.3) is 5.91 Å². The number of carbonyl (C=O) groups excluding carboxylic acids is 1. The second-order valence-electron chi connectivity index (χ2n) is 8.79. The maximum Gasteiger partial charge on any atom is 0.421 e. The van der Waals surface area contributed by atoms with Crippen molar-refractivity contribution in [2.45, 2.75) is 44.6 Å². The van der Waals surface area contributed by atoms with Crippen molar-refractivity contribution in [2.75, 3.05) is 24.3 Å². The van der Waals surface area contributed by atoms with Gasteiger partial charge in [-0.15, -0.1) is 0 Å². The largest absolute Gasteiger partial charge is 0.421 e. The lowest BCUT2D eigenvalue weighted by molar-refractivity contribution is -0.137. The van der Waals surface area contributed by atoms with Gasteiger partial charge in [0.05, 0.1) is 11.3 Å². The van der Waals surface area contributed by atoms with Gasteiger partial charge in [0.15, 0.2) is 5.34 Å². The van der Waals surface area contributed by atoms with Crippen LogP contribution in [0.1, 0.15) is 54.6 Å². The van der Waals surface area contributed by atoms with E-state index in [4.69, 9.17) is 4.74 Å². The first-order chi connectivity index (χ1) is 18.9. The third kappa shape index (κ3) is 6.97. The molecule has 1 unspecified atom stereocenters. The van der Waals surface area contributed by atoms with Crippen molar-refractivity contribution < 1.29 is 37.1 Å². The van der Waals surface area contributed by atoms with Gasteiger partial charge in [-0.3, -0.25) is 9.36 Å². The van der Waals surface area contributed by atoms with Crippen LogP contribution in [0.5, 0.6) is 0 Å². The average molecular weight is 582 g/mol. The summed E-state index contributed by atoms with van der Waals surface area (Å²) in [5, 5.41) is 6.00. The second kappa shape index (κ2) is 12.8. The Hall–Kier alpha value is -3.51. The van der Waals surface area contributed by atoms with Crippen LogP contribution in [0, 0.1) is 0 Å². The number of aromatic nitrogens is 2. The molecule has 1 atom stereocenters. The maximum atomic E-state index is 13.7. The Morgan fingerprint density at radius 1 is 1.05 bits per heavy atom. The molecule has 0 radical (unpaired) electrons. The quantitative estimate of drug-likeness (QED) is 0.130. The van der Waals surface area contributed by atoms with Gasteiger partial charge in [-0.1, -0.05) is 44.5 Å². The first-order valence-corrected chi connectivity index (χ1v) is 14.1. The summed E-state index contributed by atoms with van der Waals surface area (Å²) < 4.78 is 59.4. The molecule has 0 spiro atoms. The molecule has 0 fully saturated rings. The summed E-state index contributed by atoms with van der Waals surface area (Å²) in [6.07, 6.45) is -2.75. The van der Waals surface area contributed by atoms with Crippen LogP contribution in [0.15, 0.2) is 54.7 Å². The van der Waals surface area contributed by atoms with Gasteiger partial charge in [0.1, 0.15) is 11.4 Å². The molecule has 3 aromatic rings. The number of anilines is 4. The number of ether oxygens (including phenoxy) is 1. The second-order valence-corrected chi connectivity index (χ2v) is 10.6. The Morgan fingerprint density at radius 3 is 2.30 bits per heavy atom. The predicted molar refractivity (Wildman–Crippen MR) is 145 cm³/mol. The van der Waals surface area contributed by atoms with E-state index < -0.39 is 36.4 Å². The number of nitrogens with one attached hydrogen (secondary N) is 3. The molecule has 40 heavy (non-hydrogen) atoms. The van der Waals surface area contributed by atoms with E-state index in [0.29, 0.717) is 18.3 Å². The van der Waals surface area contributed by atoms with Gasteiger partial charge in [-0.25, -0.2) is 4.98 Å². The summed E-state index contributed by atoms with van der Waals surface area (Å²) >= 11 is 0. The molecule has 3 rings (SSSR count). The van der Waals surface area contributed by atoms with Crippen LogP contribution in [0.4, 0.5) is 36.3 Å². The van der Waals surface area contributed by atoms with E-state index in [1.807, 2.05) is 6.92 Å². The number of unbranched alkanes of at least 4 members (excludes halogenated alkanes) is 1. The van der Waals surface area contributed by atoms with Crippen LogP contribution in [0.3, 0.4) is 0 Å². The lowest BCUT2D eigenvalue weighted by Crippen LogP contribution is -2.29. The minimum Gasteiger partial charge on any atom is -0.358 e. The Balaban J connectivity index is 1.94. The fourth-order valence-electron chi connectivity index (χ4n) is 3.97. The molecule has 10 nitrogen and oxygen atoms in total. The number of alkyl halides is 3. The summed E-state index contributed by atoms with van der Waals surface area (Å²) in [7, 11) is -3.33. The van der Waals surface area contributed by atoms with E-state index in [-0.39, 0.29) is 35.8 Å². The molecule has 1 aromatic heterocycles. The highest BCUT2D eigenvalue weighted by molar-refractivity contribution is 7.52. The van der Waals surface area contributed by atoms with Crippen molar-refractivity contribution in [3.05, 3.63) is 71.4 Å². The smallest absolute Gasteiger partial charge is 0.358 e. The molecule has 1 heterocycles. The van der Waals surface area contributed by atoms with Gasteiger partial charge in [-0.05, 0) is 42.7 Å². The minimum atomic E-state index is -4.78. The van der Waals surface area contributed by atoms with Crippen LogP contribution >= 0.6 is 7.60 Å². The van der Waals surface area contributed by atoms with E-state index >= 15 is 0 Å². The normalized spacial score (nSPS) is 13.4. The highest BCUT2D eigenvalue weighted by atomic mass is 31.2. The molecule has 0 bridgehead atoms. The number of hydrogen-bond acceptors (Lipinski definition) is 7. The minimum absolute atomic E-state index is 0.0162. The van der Waals surface area contributed by atoms with Crippen molar-refractivity contribution in [2.24, 2.45) is 0 Å². The topological polar surface area (TPSA) is 146 Å². The summed E-state index contributed by atoms with van der Waals surface area (Å²) in [5.41, 5.74) is -0.306. The molecule has 1 amide bonds. The van der Waals surface area contributed by atoms with Crippen LogP contribution in [0.2, 0.25) is 0 Å². The summed E-state index contributed by atoms with van der Waals surface area (Å²) in [4.78, 5) is 40.2. The zero-order valence-electron chi connectivity index (χ0n) is 22.1. The van der Waals surface area contributed by atoms with Crippen molar-refractivity contribution in [3.63, 3.8) is 0 Å². The maximum absolute atomic E-state index is 13.7. The number of rotatable bonds is 12. The Bertz CT molecular complexity index is 1370. The van der Waals surface area contributed by atoms with Gasteiger partial charge < -0.3 is 30.5 Å². The third-order valence-corrected chi connectivity index (χ3v) is 7.77. The highest BCUT2D eigenvalue weighted by Crippen LogP contribution is 2.59. The lowest BCUT2D eigenvalue weighted by Gasteiger charge is -2.34.